The molecular weight excluding hydrogens is 328 g/mol. The van der Waals surface area contributed by atoms with Crippen LogP contribution in [0.5, 0.6) is 5.75 Å². The summed E-state index contributed by atoms with van der Waals surface area (Å²) in [6.07, 6.45) is 0. The van der Waals surface area contributed by atoms with E-state index >= 15 is 0 Å². The van der Waals surface area contributed by atoms with E-state index in [1.165, 1.54) is 0 Å². The number of aromatic amines is 1. The molecule has 0 fully saturated rings. The van der Waals surface area contributed by atoms with Crippen molar-refractivity contribution in [3.8, 4) is 17.0 Å². The minimum absolute atomic E-state index is 0.229. The summed E-state index contributed by atoms with van der Waals surface area (Å²) < 4.78 is 5.43. The van der Waals surface area contributed by atoms with E-state index in [1.807, 2.05) is 74.4 Å². The quantitative estimate of drug-likeness (QED) is 0.709. The zero-order valence-corrected chi connectivity index (χ0v) is 15.1. The predicted octanol–water partition coefficient (Wildman–Crippen LogP) is 3.79. The summed E-state index contributed by atoms with van der Waals surface area (Å²) in [5.74, 6) is 0.582. The Balaban J connectivity index is 1.69. The highest BCUT2D eigenvalue weighted by atomic mass is 16.5. The topological polar surface area (TPSA) is 70.2 Å². The van der Waals surface area contributed by atoms with Crippen molar-refractivity contribution in [1.29, 1.82) is 0 Å². The Morgan fingerprint density at radius 2 is 1.81 bits per heavy atom. The van der Waals surface area contributed by atoms with E-state index in [-0.39, 0.29) is 5.91 Å². The number of carbonyl (C=O) groups excluding carboxylic acids is 1. The minimum atomic E-state index is -0.229. The third-order valence-electron chi connectivity index (χ3n) is 3.93. The Morgan fingerprint density at radius 3 is 2.42 bits per heavy atom. The molecule has 0 aliphatic carbocycles. The maximum Gasteiger partial charge on any atom is 0.273 e. The lowest BCUT2D eigenvalue weighted by atomic mass is 10.1. The number of H-pyrrole nitrogens is 1. The number of anilines is 2. The van der Waals surface area contributed by atoms with Crippen LogP contribution in [-0.2, 0) is 0 Å². The zero-order chi connectivity index (χ0) is 18.5. The van der Waals surface area contributed by atoms with Crippen LogP contribution >= 0.6 is 0 Å². The molecule has 3 rings (SSSR count). The van der Waals surface area contributed by atoms with Gasteiger partial charge in [0.1, 0.15) is 11.4 Å². The molecule has 1 heterocycles. The zero-order valence-electron chi connectivity index (χ0n) is 15.1. The Labute approximate surface area is 152 Å². The molecule has 26 heavy (non-hydrogen) atoms. The number of amides is 1. The number of benzene rings is 2. The molecule has 0 atom stereocenters. The number of nitrogens with one attached hydrogen (secondary N) is 2. The van der Waals surface area contributed by atoms with Gasteiger partial charge in [0.2, 0.25) is 0 Å². The van der Waals surface area contributed by atoms with Crippen molar-refractivity contribution < 1.29 is 9.53 Å². The molecule has 0 bridgehead atoms. The highest BCUT2D eigenvalue weighted by Gasteiger charge is 2.11. The number of hydrogen-bond acceptors (Lipinski definition) is 4. The van der Waals surface area contributed by atoms with Crippen molar-refractivity contribution >= 4 is 17.3 Å². The summed E-state index contributed by atoms with van der Waals surface area (Å²) in [4.78, 5) is 14.4. The average molecular weight is 350 g/mol. The first kappa shape index (κ1) is 17.5. The van der Waals surface area contributed by atoms with Crippen molar-refractivity contribution in [2.45, 2.75) is 6.92 Å². The van der Waals surface area contributed by atoms with E-state index < -0.39 is 0 Å². The molecule has 0 unspecified atom stereocenters. The van der Waals surface area contributed by atoms with Crippen LogP contribution in [-0.4, -0.2) is 36.8 Å². The number of ether oxygens (including phenoxy) is 1. The number of aromatic nitrogens is 2. The van der Waals surface area contributed by atoms with Gasteiger partial charge in [0.15, 0.2) is 0 Å². The predicted molar refractivity (Wildman–Crippen MR) is 104 cm³/mol. The van der Waals surface area contributed by atoms with Gasteiger partial charge in [0, 0.05) is 31.0 Å². The van der Waals surface area contributed by atoms with Crippen LogP contribution in [0.4, 0.5) is 11.4 Å². The van der Waals surface area contributed by atoms with Crippen molar-refractivity contribution in [2.24, 2.45) is 0 Å². The number of nitrogens with zero attached hydrogens (tertiary/aromatic N) is 2. The van der Waals surface area contributed by atoms with Gasteiger partial charge in [-0.1, -0.05) is 0 Å². The fourth-order valence-corrected chi connectivity index (χ4v) is 2.52. The molecule has 0 aliphatic rings. The van der Waals surface area contributed by atoms with E-state index in [4.69, 9.17) is 4.74 Å². The second-order valence-corrected chi connectivity index (χ2v) is 6.02. The second kappa shape index (κ2) is 7.74. The van der Waals surface area contributed by atoms with Gasteiger partial charge in [-0.3, -0.25) is 9.89 Å². The maximum absolute atomic E-state index is 12.4. The molecule has 6 heteroatoms. The molecule has 0 radical (unpaired) electrons. The molecule has 0 spiro atoms. The van der Waals surface area contributed by atoms with Gasteiger partial charge in [-0.25, -0.2) is 0 Å². The fraction of sp³-hybridized carbons (Fsp3) is 0.200. The first-order valence-corrected chi connectivity index (χ1v) is 8.44. The van der Waals surface area contributed by atoms with Gasteiger partial charge in [-0.15, -0.1) is 0 Å². The standard InChI is InChI=1S/C20H22N4O2/c1-4-26-17-11-5-14(6-12-17)18-13-19(23-22-18)20(25)21-15-7-9-16(10-8-15)24(2)3/h5-13H,4H2,1-3H3,(H,21,25)(H,22,23). The van der Waals surface area contributed by atoms with Crippen LogP contribution in [0.2, 0.25) is 0 Å². The first-order chi connectivity index (χ1) is 12.6. The Morgan fingerprint density at radius 1 is 1.12 bits per heavy atom. The van der Waals surface area contributed by atoms with Crippen molar-refractivity contribution in [1.82, 2.24) is 10.2 Å². The number of hydrogen-bond donors (Lipinski definition) is 2. The van der Waals surface area contributed by atoms with Crippen molar-refractivity contribution in [3.05, 3.63) is 60.3 Å². The van der Waals surface area contributed by atoms with Crippen LogP contribution in [0.25, 0.3) is 11.3 Å². The molecule has 3 aromatic rings. The van der Waals surface area contributed by atoms with Crippen LogP contribution in [0.3, 0.4) is 0 Å². The number of rotatable bonds is 6. The molecule has 2 aromatic carbocycles. The average Bonchev–Trinajstić information content (AvgIpc) is 3.13. The molecule has 1 aromatic heterocycles. The Kier molecular flexibility index (Phi) is 5.22. The lowest BCUT2D eigenvalue weighted by molar-refractivity contribution is 0.102. The molecule has 0 saturated heterocycles. The van der Waals surface area contributed by atoms with E-state index in [2.05, 4.69) is 15.5 Å². The molecule has 1 amide bonds. The lowest BCUT2D eigenvalue weighted by Crippen LogP contribution is -2.13. The second-order valence-electron chi connectivity index (χ2n) is 6.02. The van der Waals surface area contributed by atoms with Crippen molar-refractivity contribution in [3.63, 3.8) is 0 Å². The Bertz CT molecular complexity index is 868. The monoisotopic (exact) mass is 350 g/mol. The summed E-state index contributed by atoms with van der Waals surface area (Å²) in [5, 5.41) is 9.89. The highest BCUT2D eigenvalue weighted by molar-refractivity contribution is 6.03. The molecule has 6 nitrogen and oxygen atoms in total. The molecule has 134 valence electrons. The van der Waals surface area contributed by atoms with E-state index in [0.717, 1.165) is 22.7 Å². The molecule has 0 saturated carbocycles. The number of carbonyl (C=O) groups is 1. The van der Waals surface area contributed by atoms with E-state index in [1.54, 1.807) is 6.07 Å². The minimum Gasteiger partial charge on any atom is -0.494 e. The normalized spacial score (nSPS) is 10.4. The van der Waals surface area contributed by atoms with Gasteiger partial charge < -0.3 is 15.0 Å². The fourth-order valence-electron chi connectivity index (χ4n) is 2.52. The summed E-state index contributed by atoms with van der Waals surface area (Å²) in [6.45, 7) is 2.57. The van der Waals surface area contributed by atoms with E-state index in [9.17, 15) is 4.79 Å². The highest BCUT2D eigenvalue weighted by Crippen LogP contribution is 2.22. The molecular formula is C20H22N4O2. The molecule has 2 N–H and O–H groups in total. The van der Waals surface area contributed by atoms with Gasteiger partial charge in [0.05, 0.1) is 12.3 Å². The van der Waals surface area contributed by atoms with Gasteiger partial charge in [0.25, 0.3) is 5.91 Å². The largest absolute Gasteiger partial charge is 0.494 e. The van der Waals surface area contributed by atoms with Crippen LogP contribution in [0.15, 0.2) is 54.6 Å². The van der Waals surface area contributed by atoms with Crippen LogP contribution in [0, 0.1) is 0 Å². The van der Waals surface area contributed by atoms with Gasteiger partial charge in [-0.05, 0) is 61.5 Å². The van der Waals surface area contributed by atoms with Crippen LogP contribution < -0.4 is 15.0 Å². The van der Waals surface area contributed by atoms with E-state index in [0.29, 0.717) is 18.0 Å². The smallest absolute Gasteiger partial charge is 0.273 e. The summed E-state index contributed by atoms with van der Waals surface area (Å²) >= 11 is 0. The summed E-state index contributed by atoms with van der Waals surface area (Å²) in [6, 6.07) is 17.0. The third-order valence-corrected chi connectivity index (χ3v) is 3.93. The summed E-state index contributed by atoms with van der Waals surface area (Å²) in [5.41, 5.74) is 3.84. The SMILES string of the molecule is CCOc1ccc(-c2cc(C(=O)Nc3ccc(N(C)C)cc3)[nH]n2)cc1. The lowest BCUT2D eigenvalue weighted by Gasteiger charge is -2.12. The first-order valence-electron chi connectivity index (χ1n) is 8.44. The van der Waals surface area contributed by atoms with Gasteiger partial charge in [-0.2, -0.15) is 5.10 Å². The molecule has 0 aliphatic heterocycles. The summed E-state index contributed by atoms with van der Waals surface area (Å²) in [7, 11) is 3.95. The third kappa shape index (κ3) is 4.03. The van der Waals surface area contributed by atoms with Crippen LogP contribution in [0.1, 0.15) is 17.4 Å². The van der Waals surface area contributed by atoms with Gasteiger partial charge >= 0.3 is 0 Å². The maximum atomic E-state index is 12.4. The Hall–Kier alpha value is -3.28. The van der Waals surface area contributed by atoms with Crippen molar-refractivity contribution in [2.75, 3.05) is 30.9 Å².